The van der Waals surface area contributed by atoms with E-state index in [1.54, 1.807) is 17.6 Å². The minimum atomic E-state index is -0.516. The number of hydrogen-bond acceptors (Lipinski definition) is 1. The summed E-state index contributed by atoms with van der Waals surface area (Å²) in [6, 6.07) is 4.50. The van der Waals surface area contributed by atoms with Crippen molar-refractivity contribution in [1.82, 2.24) is 9.55 Å². The van der Waals surface area contributed by atoms with Crippen molar-refractivity contribution >= 4 is 0 Å². The van der Waals surface area contributed by atoms with Crippen molar-refractivity contribution in [2.24, 2.45) is 0 Å². The predicted molar refractivity (Wildman–Crippen MR) is 52.4 cm³/mol. The van der Waals surface area contributed by atoms with Crippen molar-refractivity contribution in [3.8, 4) is 0 Å². The Labute approximate surface area is 86.2 Å². The maximum atomic E-state index is 12.9. The molecule has 2 rings (SSSR count). The number of aromatic nitrogens is 2. The molecule has 0 bridgehead atoms. The zero-order valence-corrected chi connectivity index (χ0v) is 8.24. The van der Waals surface area contributed by atoms with Gasteiger partial charge < -0.3 is 4.57 Å². The molecule has 2 aromatic heterocycles. The fraction of sp³-hybridized carbons (Fsp3) is 0.182. The van der Waals surface area contributed by atoms with Crippen molar-refractivity contribution in [3.05, 3.63) is 53.6 Å². The summed E-state index contributed by atoms with van der Waals surface area (Å²) in [6.07, 6.45) is 2.80. The summed E-state index contributed by atoms with van der Waals surface area (Å²) in [5.41, 5.74) is 1.57. The van der Waals surface area contributed by atoms with Crippen LogP contribution < -0.4 is 0 Å². The van der Waals surface area contributed by atoms with Crippen LogP contribution in [0.2, 0.25) is 0 Å². The van der Waals surface area contributed by atoms with Crippen molar-refractivity contribution in [2.75, 3.05) is 0 Å². The maximum absolute atomic E-state index is 12.9. The van der Waals surface area contributed by atoms with Gasteiger partial charge in [0.1, 0.15) is 5.82 Å². The van der Waals surface area contributed by atoms with Gasteiger partial charge in [-0.2, -0.15) is 4.39 Å². The number of hydrogen-bond donors (Lipinski definition) is 0. The van der Waals surface area contributed by atoms with E-state index in [-0.39, 0.29) is 5.82 Å². The highest BCUT2D eigenvalue weighted by atomic mass is 19.1. The van der Waals surface area contributed by atoms with Crippen LogP contribution in [0.4, 0.5) is 8.78 Å². The quantitative estimate of drug-likeness (QED) is 0.693. The molecule has 0 aliphatic carbocycles. The largest absolute Gasteiger partial charge is 0.344 e. The summed E-state index contributed by atoms with van der Waals surface area (Å²) in [7, 11) is 0. The lowest BCUT2D eigenvalue weighted by Crippen LogP contribution is -2.00. The molecule has 0 aromatic carbocycles. The fourth-order valence-electron chi connectivity index (χ4n) is 1.48. The van der Waals surface area contributed by atoms with Crippen LogP contribution in [0.3, 0.4) is 0 Å². The first kappa shape index (κ1) is 9.83. The van der Waals surface area contributed by atoms with Gasteiger partial charge in [-0.25, -0.2) is 9.37 Å². The monoisotopic (exact) mass is 208 g/mol. The van der Waals surface area contributed by atoms with Crippen LogP contribution in [0.5, 0.6) is 0 Å². The minimum absolute atomic E-state index is 0.276. The minimum Gasteiger partial charge on any atom is -0.344 e. The first-order chi connectivity index (χ1) is 7.15. The molecule has 0 unspecified atom stereocenters. The average Bonchev–Trinajstić information content (AvgIpc) is 2.45. The first-order valence-corrected chi connectivity index (χ1v) is 4.58. The van der Waals surface area contributed by atoms with Crippen LogP contribution >= 0.6 is 0 Å². The Morgan fingerprint density at radius 3 is 2.73 bits per heavy atom. The Balaban J connectivity index is 2.25. The Morgan fingerprint density at radius 2 is 2.13 bits per heavy atom. The van der Waals surface area contributed by atoms with Crippen LogP contribution in [-0.4, -0.2) is 9.55 Å². The number of pyridine rings is 1. The molecule has 0 radical (unpaired) electrons. The summed E-state index contributed by atoms with van der Waals surface area (Å²) in [5.74, 6) is -0.792. The molecule has 2 heterocycles. The third-order valence-electron chi connectivity index (χ3n) is 2.22. The second-order valence-corrected chi connectivity index (χ2v) is 3.41. The van der Waals surface area contributed by atoms with Gasteiger partial charge in [0, 0.05) is 24.6 Å². The van der Waals surface area contributed by atoms with E-state index >= 15 is 0 Å². The SMILES string of the molecule is Cc1cc(F)cn1Cc1ccnc(F)c1. The molecule has 4 heteroatoms. The molecule has 0 aliphatic rings. The van der Waals surface area contributed by atoms with Crippen LogP contribution in [0.15, 0.2) is 30.6 Å². The Kier molecular flexibility index (Phi) is 2.49. The van der Waals surface area contributed by atoms with Crippen molar-refractivity contribution < 1.29 is 8.78 Å². The zero-order chi connectivity index (χ0) is 10.8. The van der Waals surface area contributed by atoms with Gasteiger partial charge in [0.05, 0.1) is 0 Å². The molecular formula is C11H10F2N2. The lowest BCUT2D eigenvalue weighted by atomic mass is 10.2. The van der Waals surface area contributed by atoms with Gasteiger partial charge >= 0.3 is 0 Å². The smallest absolute Gasteiger partial charge is 0.213 e. The summed E-state index contributed by atoms with van der Waals surface area (Å²) >= 11 is 0. The van der Waals surface area contributed by atoms with E-state index in [2.05, 4.69) is 4.98 Å². The van der Waals surface area contributed by atoms with Crippen LogP contribution in [0, 0.1) is 18.7 Å². The topological polar surface area (TPSA) is 17.8 Å². The molecule has 15 heavy (non-hydrogen) atoms. The van der Waals surface area contributed by atoms with Gasteiger partial charge in [0.15, 0.2) is 0 Å². The summed E-state index contributed by atoms with van der Waals surface area (Å²) in [4.78, 5) is 3.46. The van der Waals surface area contributed by atoms with E-state index in [0.717, 1.165) is 11.3 Å². The van der Waals surface area contributed by atoms with Gasteiger partial charge in [-0.3, -0.25) is 0 Å². The molecule has 2 aromatic rings. The molecule has 0 atom stereocenters. The predicted octanol–water partition coefficient (Wildman–Crippen LogP) is 2.52. The molecule has 0 saturated carbocycles. The third-order valence-corrected chi connectivity index (χ3v) is 2.22. The lowest BCUT2D eigenvalue weighted by Gasteiger charge is -2.05. The standard InChI is InChI=1S/C11H10F2N2/c1-8-4-10(12)7-15(8)6-9-2-3-14-11(13)5-9/h2-5,7H,6H2,1H3. The van der Waals surface area contributed by atoms with E-state index in [1.165, 1.54) is 24.5 Å². The summed E-state index contributed by atoms with van der Waals surface area (Å²) in [5, 5.41) is 0. The van der Waals surface area contributed by atoms with Crippen molar-refractivity contribution in [3.63, 3.8) is 0 Å². The van der Waals surface area contributed by atoms with Crippen molar-refractivity contribution in [2.45, 2.75) is 13.5 Å². The van der Waals surface area contributed by atoms with Gasteiger partial charge in [-0.1, -0.05) is 0 Å². The Hall–Kier alpha value is -1.71. The molecule has 78 valence electrons. The van der Waals surface area contributed by atoms with Crippen LogP contribution in [0.1, 0.15) is 11.3 Å². The van der Waals surface area contributed by atoms with Crippen LogP contribution in [0.25, 0.3) is 0 Å². The first-order valence-electron chi connectivity index (χ1n) is 4.58. The van der Waals surface area contributed by atoms with Crippen LogP contribution in [-0.2, 0) is 6.54 Å². The lowest BCUT2D eigenvalue weighted by molar-refractivity contribution is 0.579. The van der Waals surface area contributed by atoms with Gasteiger partial charge in [0.25, 0.3) is 0 Å². The molecule has 2 nitrogen and oxygen atoms in total. The van der Waals surface area contributed by atoms with E-state index in [0.29, 0.717) is 6.54 Å². The second kappa shape index (κ2) is 3.81. The highest BCUT2D eigenvalue weighted by Crippen LogP contribution is 2.09. The molecule has 0 aliphatic heterocycles. The highest BCUT2D eigenvalue weighted by Gasteiger charge is 2.03. The number of rotatable bonds is 2. The summed E-state index contributed by atoms with van der Waals surface area (Å²) in [6.45, 7) is 2.26. The highest BCUT2D eigenvalue weighted by molar-refractivity contribution is 5.15. The van der Waals surface area contributed by atoms with E-state index in [4.69, 9.17) is 0 Å². The fourth-order valence-corrected chi connectivity index (χ4v) is 1.48. The van der Waals surface area contributed by atoms with Gasteiger partial charge in [-0.15, -0.1) is 0 Å². The van der Waals surface area contributed by atoms with Gasteiger partial charge in [0.2, 0.25) is 5.95 Å². The molecule has 0 spiro atoms. The van der Waals surface area contributed by atoms with Crippen molar-refractivity contribution in [1.29, 1.82) is 0 Å². The summed E-state index contributed by atoms with van der Waals surface area (Å²) < 4.78 is 27.4. The van der Waals surface area contributed by atoms with E-state index < -0.39 is 5.95 Å². The molecule has 0 N–H and O–H groups in total. The Bertz CT molecular complexity index is 477. The number of aryl methyl sites for hydroxylation is 1. The normalized spacial score (nSPS) is 10.6. The molecule has 0 saturated heterocycles. The maximum Gasteiger partial charge on any atom is 0.213 e. The molecular weight excluding hydrogens is 198 g/mol. The van der Waals surface area contributed by atoms with E-state index in [9.17, 15) is 8.78 Å². The molecule has 0 fully saturated rings. The van der Waals surface area contributed by atoms with E-state index in [1.807, 2.05) is 0 Å². The number of nitrogens with zero attached hydrogens (tertiary/aromatic N) is 2. The molecule has 0 amide bonds. The zero-order valence-electron chi connectivity index (χ0n) is 8.24. The second-order valence-electron chi connectivity index (χ2n) is 3.41. The average molecular weight is 208 g/mol. The third kappa shape index (κ3) is 2.21. The number of halogens is 2. The Morgan fingerprint density at radius 1 is 1.33 bits per heavy atom. The van der Waals surface area contributed by atoms with Gasteiger partial charge in [-0.05, 0) is 30.7 Å².